The van der Waals surface area contributed by atoms with Crippen molar-refractivity contribution in [3.05, 3.63) is 29.8 Å². The van der Waals surface area contributed by atoms with Crippen molar-refractivity contribution in [2.75, 3.05) is 38.6 Å². The zero-order valence-electron chi connectivity index (χ0n) is 11.3. The number of morpholine rings is 1. The van der Waals surface area contributed by atoms with Gasteiger partial charge in [0.25, 0.3) is 0 Å². The molecule has 0 radical (unpaired) electrons. The molecular formula is C14H21NO2S2. The Balaban J connectivity index is 1.64. The maximum Gasteiger partial charge on any atom is 0.113 e. The third-order valence-corrected chi connectivity index (χ3v) is 6.17. The van der Waals surface area contributed by atoms with E-state index in [-0.39, 0.29) is 0 Å². The third kappa shape index (κ3) is 5.26. The van der Waals surface area contributed by atoms with Crippen LogP contribution in [-0.4, -0.2) is 47.7 Å². The van der Waals surface area contributed by atoms with Crippen molar-refractivity contribution in [2.24, 2.45) is 0 Å². The topological polar surface area (TPSA) is 29.5 Å². The first-order chi connectivity index (χ1) is 9.25. The molecule has 1 saturated heterocycles. The van der Waals surface area contributed by atoms with Crippen molar-refractivity contribution in [1.82, 2.24) is 4.90 Å². The Morgan fingerprint density at radius 1 is 1.26 bits per heavy atom. The van der Waals surface area contributed by atoms with Gasteiger partial charge in [0.2, 0.25) is 0 Å². The number of hydrogen-bond acceptors (Lipinski definition) is 4. The summed E-state index contributed by atoms with van der Waals surface area (Å²) in [5.41, 5.74) is 1.21. The lowest BCUT2D eigenvalue weighted by molar-refractivity contribution is 0.0381. The molecule has 0 aromatic heterocycles. The molecule has 1 aromatic carbocycles. The molecule has 1 heterocycles. The van der Waals surface area contributed by atoms with Crippen LogP contribution in [0.15, 0.2) is 29.2 Å². The normalized spacial score (nSPS) is 18.4. The average Bonchev–Trinajstić information content (AvgIpc) is 2.45. The second-order valence-electron chi connectivity index (χ2n) is 4.68. The SMILES string of the molecule is Cc1ccc(S(=O)SCCCN2CCOCC2)cc1. The van der Waals surface area contributed by atoms with Crippen LogP contribution in [0.2, 0.25) is 0 Å². The largest absolute Gasteiger partial charge is 0.379 e. The van der Waals surface area contributed by atoms with Gasteiger partial charge < -0.3 is 4.74 Å². The van der Waals surface area contributed by atoms with Crippen molar-refractivity contribution in [2.45, 2.75) is 18.2 Å². The van der Waals surface area contributed by atoms with E-state index in [1.165, 1.54) is 16.4 Å². The van der Waals surface area contributed by atoms with E-state index in [1.54, 1.807) is 0 Å². The maximum atomic E-state index is 12.0. The predicted molar refractivity (Wildman–Crippen MR) is 81.9 cm³/mol. The fourth-order valence-electron chi connectivity index (χ4n) is 1.96. The van der Waals surface area contributed by atoms with Gasteiger partial charge in [-0.1, -0.05) is 28.5 Å². The highest BCUT2D eigenvalue weighted by atomic mass is 33.1. The van der Waals surface area contributed by atoms with Crippen LogP contribution in [0.5, 0.6) is 0 Å². The molecule has 1 aliphatic heterocycles. The molecule has 1 aromatic rings. The average molecular weight is 299 g/mol. The van der Waals surface area contributed by atoms with E-state index >= 15 is 0 Å². The third-order valence-electron chi connectivity index (χ3n) is 3.13. The van der Waals surface area contributed by atoms with Crippen LogP contribution in [0, 0.1) is 6.92 Å². The van der Waals surface area contributed by atoms with Gasteiger partial charge in [-0.25, -0.2) is 4.21 Å². The fraction of sp³-hybridized carbons (Fsp3) is 0.571. The second-order valence-corrected chi connectivity index (χ2v) is 7.88. The molecule has 2 rings (SSSR count). The zero-order chi connectivity index (χ0) is 13.5. The summed E-state index contributed by atoms with van der Waals surface area (Å²) in [5, 5.41) is 0. The molecule has 5 heteroatoms. The summed E-state index contributed by atoms with van der Waals surface area (Å²) in [6.45, 7) is 6.89. The molecule has 1 fully saturated rings. The second kappa shape index (κ2) is 8.04. The van der Waals surface area contributed by atoms with E-state index in [0.717, 1.165) is 49.9 Å². The van der Waals surface area contributed by atoms with Crippen molar-refractivity contribution in [3.8, 4) is 0 Å². The lowest BCUT2D eigenvalue weighted by atomic mass is 10.2. The molecular weight excluding hydrogens is 278 g/mol. The summed E-state index contributed by atoms with van der Waals surface area (Å²) in [4.78, 5) is 3.33. The quantitative estimate of drug-likeness (QED) is 0.596. The van der Waals surface area contributed by atoms with E-state index < -0.39 is 9.83 Å². The monoisotopic (exact) mass is 299 g/mol. The highest BCUT2D eigenvalue weighted by molar-refractivity contribution is 8.69. The smallest absolute Gasteiger partial charge is 0.113 e. The molecule has 1 atom stereocenters. The van der Waals surface area contributed by atoms with Gasteiger partial charge in [-0.2, -0.15) is 0 Å². The molecule has 0 spiro atoms. The first-order valence-electron chi connectivity index (χ1n) is 6.67. The highest BCUT2D eigenvalue weighted by Crippen LogP contribution is 2.19. The zero-order valence-corrected chi connectivity index (χ0v) is 13.0. The van der Waals surface area contributed by atoms with Crippen molar-refractivity contribution >= 4 is 20.6 Å². The van der Waals surface area contributed by atoms with Crippen LogP contribution in [-0.2, 0) is 14.6 Å². The summed E-state index contributed by atoms with van der Waals surface area (Å²) in [6.07, 6.45) is 1.09. The van der Waals surface area contributed by atoms with E-state index in [0.29, 0.717) is 0 Å². The number of ether oxygens (including phenoxy) is 1. The van der Waals surface area contributed by atoms with Crippen molar-refractivity contribution in [3.63, 3.8) is 0 Å². The predicted octanol–water partition coefficient (Wildman–Crippen LogP) is 2.47. The van der Waals surface area contributed by atoms with E-state index in [4.69, 9.17) is 4.74 Å². The van der Waals surface area contributed by atoms with Crippen LogP contribution >= 0.6 is 10.8 Å². The molecule has 1 unspecified atom stereocenters. The molecule has 1 aliphatic rings. The molecule has 106 valence electrons. The van der Waals surface area contributed by atoms with Crippen molar-refractivity contribution in [1.29, 1.82) is 0 Å². The van der Waals surface area contributed by atoms with Crippen LogP contribution in [0.1, 0.15) is 12.0 Å². The van der Waals surface area contributed by atoms with Gasteiger partial charge in [0.1, 0.15) is 9.83 Å². The van der Waals surface area contributed by atoms with E-state index in [1.807, 2.05) is 31.2 Å². The Morgan fingerprint density at radius 3 is 2.63 bits per heavy atom. The van der Waals surface area contributed by atoms with Gasteiger partial charge in [-0.05, 0) is 32.0 Å². The Hall–Kier alpha value is -0.360. The Labute approximate surface area is 121 Å². The fourth-order valence-corrected chi connectivity index (χ4v) is 4.41. The number of aryl methyl sites for hydroxylation is 1. The van der Waals surface area contributed by atoms with E-state index in [2.05, 4.69) is 4.90 Å². The Kier molecular flexibility index (Phi) is 6.37. The van der Waals surface area contributed by atoms with Gasteiger partial charge in [0.15, 0.2) is 0 Å². The number of nitrogens with zero attached hydrogens (tertiary/aromatic N) is 1. The van der Waals surface area contributed by atoms with Gasteiger partial charge >= 0.3 is 0 Å². The standard InChI is InChI=1S/C14H21NO2S2/c1-13-3-5-14(6-4-13)19(16)18-12-2-7-15-8-10-17-11-9-15/h3-6H,2,7-12H2,1H3. The summed E-state index contributed by atoms with van der Waals surface area (Å²) < 4.78 is 17.4. The summed E-state index contributed by atoms with van der Waals surface area (Å²) in [7, 11) is 0.614. The first kappa shape index (κ1) is 15.0. The minimum absolute atomic E-state index is 0.850. The van der Waals surface area contributed by atoms with Gasteiger partial charge in [0.05, 0.1) is 13.2 Å². The molecule has 19 heavy (non-hydrogen) atoms. The van der Waals surface area contributed by atoms with Gasteiger partial charge in [0, 0.05) is 23.7 Å². The van der Waals surface area contributed by atoms with Gasteiger partial charge in [-0.15, -0.1) is 0 Å². The Bertz CT molecular complexity index is 402. The number of rotatable bonds is 6. The molecule has 3 nitrogen and oxygen atoms in total. The number of benzene rings is 1. The Morgan fingerprint density at radius 2 is 1.95 bits per heavy atom. The van der Waals surface area contributed by atoms with Crippen LogP contribution in [0.25, 0.3) is 0 Å². The summed E-state index contributed by atoms with van der Waals surface area (Å²) in [5.74, 6) is 0.942. The molecule has 0 aliphatic carbocycles. The minimum atomic E-state index is -0.925. The highest BCUT2D eigenvalue weighted by Gasteiger charge is 2.10. The van der Waals surface area contributed by atoms with Crippen LogP contribution in [0.3, 0.4) is 0 Å². The van der Waals surface area contributed by atoms with E-state index in [9.17, 15) is 4.21 Å². The van der Waals surface area contributed by atoms with Crippen molar-refractivity contribution < 1.29 is 8.95 Å². The lowest BCUT2D eigenvalue weighted by Gasteiger charge is -2.26. The summed E-state index contributed by atoms with van der Waals surface area (Å²) >= 11 is 0. The first-order valence-corrected chi connectivity index (χ1v) is 9.33. The molecule has 0 saturated carbocycles. The number of hydrogen-bond donors (Lipinski definition) is 0. The van der Waals surface area contributed by atoms with Crippen LogP contribution < -0.4 is 0 Å². The van der Waals surface area contributed by atoms with Gasteiger partial charge in [-0.3, -0.25) is 4.90 Å². The summed E-state index contributed by atoms with van der Waals surface area (Å²) in [6, 6.07) is 7.95. The van der Waals surface area contributed by atoms with Crippen LogP contribution in [0.4, 0.5) is 0 Å². The molecule has 0 N–H and O–H groups in total. The molecule has 0 bridgehead atoms. The lowest BCUT2D eigenvalue weighted by Crippen LogP contribution is -2.36. The maximum absolute atomic E-state index is 12.0. The minimum Gasteiger partial charge on any atom is -0.379 e. The molecule has 0 amide bonds.